The summed E-state index contributed by atoms with van der Waals surface area (Å²) in [5.74, 6) is 1.48. The minimum atomic E-state index is -0.227. The van der Waals surface area contributed by atoms with Crippen molar-refractivity contribution in [1.29, 1.82) is 0 Å². The summed E-state index contributed by atoms with van der Waals surface area (Å²) in [4.78, 5) is 17.9. The number of hydrogen-bond donors (Lipinski definition) is 0. The van der Waals surface area contributed by atoms with Crippen LogP contribution in [0.3, 0.4) is 0 Å². The normalized spacial score (nSPS) is 11.5. The van der Waals surface area contributed by atoms with Crippen molar-refractivity contribution in [2.45, 2.75) is 26.2 Å². The highest BCUT2D eigenvalue weighted by Crippen LogP contribution is 2.30. The molecule has 1 aromatic carbocycles. The molecule has 0 radical (unpaired) electrons. The Bertz CT molecular complexity index is 1160. The van der Waals surface area contributed by atoms with Crippen LogP contribution in [-0.2, 0) is 0 Å². The van der Waals surface area contributed by atoms with E-state index in [4.69, 9.17) is 9.15 Å². The van der Waals surface area contributed by atoms with Crippen molar-refractivity contribution in [2.75, 3.05) is 6.61 Å². The van der Waals surface area contributed by atoms with Gasteiger partial charge in [-0.2, -0.15) is 9.78 Å². The van der Waals surface area contributed by atoms with Crippen LogP contribution in [0, 0.1) is 0 Å². The molecule has 3 aromatic heterocycles. The number of thiophene rings is 1. The fraction of sp³-hybridized carbons (Fsp3) is 0.227. The Hall–Kier alpha value is -3.19. The number of hydrogen-bond acceptors (Lipinski definition) is 6. The molecular weight excluding hydrogens is 386 g/mol. The average molecular weight is 407 g/mol. The number of aromatic nitrogens is 2. The van der Waals surface area contributed by atoms with E-state index in [1.165, 1.54) is 35.2 Å². The zero-order valence-electron chi connectivity index (χ0n) is 16.1. The number of nitrogens with zero attached hydrogens (tertiary/aromatic N) is 3. The Labute approximate surface area is 172 Å². The number of rotatable bonds is 8. The molecule has 6 nitrogen and oxygen atoms in total. The zero-order valence-corrected chi connectivity index (χ0v) is 16.9. The standard InChI is InChI=1S/C22H21N3O3S/c1-2-3-4-11-27-17-9-7-16(8-10-17)13-24-25-15-23-21-20(22(25)26)18(14-29-21)19-6-5-12-28-19/h5-10,12-15H,2-4,11H2,1H3/b24-13-. The highest BCUT2D eigenvalue weighted by atomic mass is 32.1. The maximum atomic E-state index is 12.9. The van der Waals surface area contributed by atoms with Gasteiger partial charge in [0.15, 0.2) is 0 Å². The minimum Gasteiger partial charge on any atom is -0.494 e. The third-order valence-corrected chi connectivity index (χ3v) is 5.38. The number of unbranched alkanes of at least 4 members (excludes halogenated alkanes) is 2. The van der Waals surface area contributed by atoms with Crippen LogP contribution in [-0.4, -0.2) is 22.5 Å². The summed E-state index contributed by atoms with van der Waals surface area (Å²) in [6, 6.07) is 11.3. The highest BCUT2D eigenvalue weighted by Gasteiger charge is 2.14. The Morgan fingerprint density at radius 3 is 2.86 bits per heavy atom. The lowest BCUT2D eigenvalue weighted by Crippen LogP contribution is -2.16. The molecule has 4 aromatic rings. The predicted molar refractivity (Wildman–Crippen MR) is 116 cm³/mol. The molecule has 0 atom stereocenters. The molecule has 0 aliphatic carbocycles. The molecule has 0 aliphatic heterocycles. The summed E-state index contributed by atoms with van der Waals surface area (Å²) in [6.07, 6.45) is 8.06. The fourth-order valence-corrected chi connectivity index (χ4v) is 3.83. The highest BCUT2D eigenvalue weighted by molar-refractivity contribution is 7.17. The van der Waals surface area contributed by atoms with Crippen molar-refractivity contribution in [3.8, 4) is 17.1 Å². The van der Waals surface area contributed by atoms with Crippen molar-refractivity contribution < 1.29 is 9.15 Å². The van der Waals surface area contributed by atoms with Crippen molar-refractivity contribution in [3.63, 3.8) is 0 Å². The first kappa shape index (κ1) is 19.1. The molecule has 7 heteroatoms. The Balaban J connectivity index is 1.53. The maximum Gasteiger partial charge on any atom is 0.283 e. The Morgan fingerprint density at radius 2 is 2.10 bits per heavy atom. The van der Waals surface area contributed by atoms with Gasteiger partial charge >= 0.3 is 0 Å². The van der Waals surface area contributed by atoms with Crippen LogP contribution in [0.2, 0.25) is 0 Å². The van der Waals surface area contributed by atoms with Crippen molar-refractivity contribution in [3.05, 3.63) is 70.3 Å². The summed E-state index contributed by atoms with van der Waals surface area (Å²) in [7, 11) is 0. The van der Waals surface area contributed by atoms with E-state index in [2.05, 4.69) is 17.0 Å². The minimum absolute atomic E-state index is 0.227. The summed E-state index contributed by atoms with van der Waals surface area (Å²) in [5.41, 5.74) is 1.38. The van der Waals surface area contributed by atoms with Gasteiger partial charge in [-0.05, 0) is 48.4 Å². The summed E-state index contributed by atoms with van der Waals surface area (Å²) < 4.78 is 12.4. The average Bonchev–Trinajstić information content (AvgIpc) is 3.41. The molecule has 0 saturated carbocycles. The lowest BCUT2D eigenvalue weighted by Gasteiger charge is -2.05. The molecule has 0 fully saturated rings. The molecule has 148 valence electrons. The van der Waals surface area contributed by atoms with E-state index >= 15 is 0 Å². The molecule has 3 heterocycles. The van der Waals surface area contributed by atoms with Gasteiger partial charge in [-0.1, -0.05) is 19.8 Å². The molecule has 0 spiro atoms. The van der Waals surface area contributed by atoms with Gasteiger partial charge in [-0.3, -0.25) is 4.79 Å². The molecule has 0 bridgehead atoms. The van der Waals surface area contributed by atoms with Crippen LogP contribution in [0.15, 0.2) is 68.7 Å². The first-order valence-corrected chi connectivity index (χ1v) is 10.4. The molecule has 0 N–H and O–H groups in total. The van der Waals surface area contributed by atoms with Gasteiger partial charge in [0.1, 0.15) is 22.7 Å². The van der Waals surface area contributed by atoms with E-state index in [0.717, 1.165) is 29.9 Å². The molecule has 4 rings (SSSR count). The van der Waals surface area contributed by atoms with Crippen molar-refractivity contribution in [2.24, 2.45) is 5.10 Å². The van der Waals surface area contributed by atoms with Crippen LogP contribution in [0.25, 0.3) is 21.5 Å². The van der Waals surface area contributed by atoms with Gasteiger partial charge in [0, 0.05) is 10.9 Å². The van der Waals surface area contributed by atoms with E-state index in [0.29, 0.717) is 16.0 Å². The van der Waals surface area contributed by atoms with Crippen LogP contribution in [0.4, 0.5) is 0 Å². The second kappa shape index (κ2) is 8.87. The largest absolute Gasteiger partial charge is 0.494 e. The van der Waals surface area contributed by atoms with Crippen molar-refractivity contribution in [1.82, 2.24) is 9.66 Å². The fourth-order valence-electron chi connectivity index (χ4n) is 2.94. The maximum absolute atomic E-state index is 12.9. The third kappa shape index (κ3) is 4.30. The number of fused-ring (bicyclic) bond motifs is 1. The topological polar surface area (TPSA) is 69.6 Å². The monoisotopic (exact) mass is 407 g/mol. The van der Waals surface area contributed by atoms with Gasteiger partial charge in [-0.15, -0.1) is 11.3 Å². The van der Waals surface area contributed by atoms with E-state index in [-0.39, 0.29) is 5.56 Å². The van der Waals surface area contributed by atoms with E-state index in [9.17, 15) is 4.79 Å². The quantitative estimate of drug-likeness (QED) is 0.298. The molecule has 0 amide bonds. The van der Waals surface area contributed by atoms with Gasteiger partial charge in [-0.25, -0.2) is 4.98 Å². The van der Waals surface area contributed by atoms with Crippen molar-refractivity contribution >= 4 is 27.8 Å². The first-order valence-electron chi connectivity index (χ1n) is 9.56. The van der Waals surface area contributed by atoms with E-state index in [1.807, 2.05) is 35.7 Å². The number of ether oxygens (including phenoxy) is 1. The summed E-state index contributed by atoms with van der Waals surface area (Å²) in [5, 5.41) is 6.69. The van der Waals surface area contributed by atoms with Gasteiger partial charge in [0.25, 0.3) is 5.56 Å². The summed E-state index contributed by atoms with van der Waals surface area (Å²) in [6.45, 7) is 2.89. The zero-order chi connectivity index (χ0) is 20.1. The second-order valence-electron chi connectivity index (χ2n) is 6.57. The SMILES string of the molecule is CCCCCOc1ccc(/C=N\n2cnc3scc(-c4ccco4)c3c2=O)cc1. The lowest BCUT2D eigenvalue weighted by molar-refractivity contribution is 0.306. The smallest absolute Gasteiger partial charge is 0.283 e. The van der Waals surface area contributed by atoms with Crippen LogP contribution in [0.5, 0.6) is 5.75 Å². The number of furan rings is 1. The van der Waals surface area contributed by atoms with E-state index < -0.39 is 0 Å². The second-order valence-corrected chi connectivity index (χ2v) is 7.43. The first-order chi connectivity index (χ1) is 14.3. The molecule has 29 heavy (non-hydrogen) atoms. The third-order valence-electron chi connectivity index (χ3n) is 4.49. The lowest BCUT2D eigenvalue weighted by atomic mass is 10.2. The molecule has 0 aliphatic rings. The molecule has 0 saturated heterocycles. The summed E-state index contributed by atoms with van der Waals surface area (Å²) >= 11 is 1.41. The van der Waals surface area contributed by atoms with Gasteiger partial charge in [0.05, 0.1) is 24.5 Å². The van der Waals surface area contributed by atoms with E-state index in [1.54, 1.807) is 18.5 Å². The van der Waals surface area contributed by atoms with Crippen LogP contribution < -0.4 is 10.3 Å². The Morgan fingerprint density at radius 1 is 1.24 bits per heavy atom. The van der Waals surface area contributed by atoms with Gasteiger partial charge < -0.3 is 9.15 Å². The van der Waals surface area contributed by atoms with Crippen LogP contribution in [0.1, 0.15) is 31.7 Å². The predicted octanol–water partition coefficient (Wildman–Crippen LogP) is 5.17. The molecular formula is C22H21N3O3S. The molecule has 0 unspecified atom stereocenters. The number of benzene rings is 1. The van der Waals surface area contributed by atoms with Crippen LogP contribution >= 0.6 is 11.3 Å². The Kier molecular flexibility index (Phi) is 5.86. The van der Waals surface area contributed by atoms with Gasteiger partial charge in [0.2, 0.25) is 0 Å².